The largest absolute Gasteiger partial charge is 0.478 e. The minimum absolute atomic E-state index is 0.226. The minimum Gasteiger partial charge on any atom is -0.478 e. The maximum Gasteiger partial charge on any atom is 0.339 e. The van der Waals surface area contributed by atoms with Crippen LogP contribution in [-0.2, 0) is 4.74 Å². The molecule has 104 valence electrons. The third kappa shape index (κ3) is 3.67. The van der Waals surface area contributed by atoms with Gasteiger partial charge in [0, 0.05) is 37.5 Å². The van der Waals surface area contributed by atoms with Crippen molar-refractivity contribution in [2.45, 2.75) is 12.8 Å². The predicted octanol–water partition coefficient (Wildman–Crippen LogP) is 2.41. The Morgan fingerprint density at radius 2 is 2.26 bits per heavy atom. The van der Waals surface area contributed by atoms with Gasteiger partial charge in [-0.3, -0.25) is 0 Å². The molecule has 5 nitrogen and oxygen atoms in total. The molecule has 1 aromatic heterocycles. The lowest BCUT2D eigenvalue weighted by atomic mass is 10.00. The fourth-order valence-electron chi connectivity index (χ4n) is 2.30. The monoisotopic (exact) mass is 328 g/mol. The molecule has 2 rings (SSSR count). The Morgan fingerprint density at radius 1 is 1.58 bits per heavy atom. The van der Waals surface area contributed by atoms with E-state index in [-0.39, 0.29) is 5.56 Å². The van der Waals surface area contributed by atoms with Gasteiger partial charge in [-0.05, 0) is 40.8 Å². The third-order valence-electron chi connectivity index (χ3n) is 3.30. The van der Waals surface area contributed by atoms with E-state index in [0.29, 0.717) is 16.2 Å². The van der Waals surface area contributed by atoms with Crippen LogP contribution in [0.3, 0.4) is 0 Å². The SMILES string of the molecule is CN(CC1CCOCC1)c1ncc(Br)cc1C(=O)O. The van der Waals surface area contributed by atoms with Crippen LogP contribution in [0.4, 0.5) is 5.82 Å². The van der Waals surface area contributed by atoms with Gasteiger partial charge in [0.25, 0.3) is 0 Å². The smallest absolute Gasteiger partial charge is 0.339 e. The Kier molecular flexibility index (Phi) is 4.76. The molecular formula is C13H17BrN2O3. The summed E-state index contributed by atoms with van der Waals surface area (Å²) in [5.41, 5.74) is 0.226. The second-order valence-electron chi connectivity index (χ2n) is 4.77. The summed E-state index contributed by atoms with van der Waals surface area (Å²) in [6, 6.07) is 1.59. The van der Waals surface area contributed by atoms with Crippen molar-refractivity contribution in [3.63, 3.8) is 0 Å². The van der Waals surface area contributed by atoms with E-state index >= 15 is 0 Å². The predicted molar refractivity (Wildman–Crippen MR) is 75.7 cm³/mol. The van der Waals surface area contributed by atoms with E-state index in [1.165, 1.54) is 0 Å². The summed E-state index contributed by atoms with van der Waals surface area (Å²) < 4.78 is 6.00. The molecule has 0 saturated carbocycles. The van der Waals surface area contributed by atoms with Crippen molar-refractivity contribution < 1.29 is 14.6 Å². The highest BCUT2D eigenvalue weighted by atomic mass is 79.9. The standard InChI is InChI=1S/C13H17BrN2O3/c1-16(8-9-2-4-19-5-3-9)12-11(13(17)18)6-10(14)7-15-12/h6-7,9H,2-5,8H2,1H3,(H,17,18). The van der Waals surface area contributed by atoms with Gasteiger partial charge in [-0.25, -0.2) is 9.78 Å². The summed E-state index contributed by atoms with van der Waals surface area (Å²) in [5, 5.41) is 9.24. The van der Waals surface area contributed by atoms with Gasteiger partial charge in [-0.15, -0.1) is 0 Å². The Labute approximate surface area is 120 Å². The lowest BCUT2D eigenvalue weighted by Gasteiger charge is -2.28. The van der Waals surface area contributed by atoms with Crippen LogP contribution in [0.1, 0.15) is 23.2 Å². The molecule has 0 aromatic carbocycles. The highest BCUT2D eigenvalue weighted by Gasteiger charge is 2.20. The van der Waals surface area contributed by atoms with Gasteiger partial charge in [-0.2, -0.15) is 0 Å². The zero-order chi connectivity index (χ0) is 13.8. The maximum absolute atomic E-state index is 11.3. The molecule has 19 heavy (non-hydrogen) atoms. The van der Waals surface area contributed by atoms with E-state index < -0.39 is 5.97 Å². The summed E-state index contributed by atoms with van der Waals surface area (Å²) >= 11 is 3.25. The summed E-state index contributed by atoms with van der Waals surface area (Å²) in [6.45, 7) is 2.38. The van der Waals surface area contributed by atoms with E-state index in [2.05, 4.69) is 20.9 Å². The molecule has 1 fully saturated rings. The Bertz CT molecular complexity index is 461. The number of aromatic carboxylic acids is 1. The van der Waals surface area contributed by atoms with Crippen molar-refractivity contribution in [2.75, 3.05) is 31.7 Å². The quantitative estimate of drug-likeness (QED) is 0.919. The molecule has 0 atom stereocenters. The van der Waals surface area contributed by atoms with Gasteiger partial charge in [0.2, 0.25) is 0 Å². The molecule has 1 N–H and O–H groups in total. The number of anilines is 1. The van der Waals surface area contributed by atoms with Crippen molar-refractivity contribution in [1.82, 2.24) is 4.98 Å². The number of ether oxygens (including phenoxy) is 1. The maximum atomic E-state index is 11.3. The van der Waals surface area contributed by atoms with Crippen LogP contribution in [0.15, 0.2) is 16.7 Å². The molecule has 1 aliphatic heterocycles. The molecule has 0 bridgehead atoms. The molecule has 1 aromatic rings. The van der Waals surface area contributed by atoms with Gasteiger partial charge in [-0.1, -0.05) is 0 Å². The van der Waals surface area contributed by atoms with Crippen molar-refractivity contribution in [1.29, 1.82) is 0 Å². The van der Waals surface area contributed by atoms with Gasteiger partial charge in [0.05, 0.1) is 0 Å². The number of pyridine rings is 1. The van der Waals surface area contributed by atoms with Gasteiger partial charge >= 0.3 is 5.97 Å². The van der Waals surface area contributed by atoms with Crippen molar-refractivity contribution in [2.24, 2.45) is 5.92 Å². The van der Waals surface area contributed by atoms with E-state index in [4.69, 9.17) is 4.74 Å². The molecule has 1 aliphatic rings. The van der Waals surface area contributed by atoms with Crippen LogP contribution in [0.25, 0.3) is 0 Å². The van der Waals surface area contributed by atoms with Crippen LogP contribution in [-0.4, -0.2) is 42.9 Å². The molecule has 0 radical (unpaired) electrons. The van der Waals surface area contributed by atoms with Gasteiger partial charge in [0.1, 0.15) is 11.4 Å². The summed E-state index contributed by atoms with van der Waals surface area (Å²) in [6.07, 6.45) is 3.66. The fourth-order valence-corrected chi connectivity index (χ4v) is 2.63. The number of nitrogens with zero attached hydrogens (tertiary/aromatic N) is 2. The number of carbonyl (C=O) groups is 1. The molecule has 1 saturated heterocycles. The summed E-state index contributed by atoms with van der Waals surface area (Å²) in [5.74, 6) is 0.0932. The first kappa shape index (κ1) is 14.3. The van der Waals surface area contributed by atoms with E-state index in [0.717, 1.165) is 32.6 Å². The first-order chi connectivity index (χ1) is 9.08. The average Bonchev–Trinajstić information content (AvgIpc) is 2.39. The molecule has 0 aliphatic carbocycles. The van der Waals surface area contributed by atoms with Crippen molar-refractivity contribution >= 4 is 27.7 Å². The normalized spacial score (nSPS) is 16.3. The molecular weight excluding hydrogens is 312 g/mol. The van der Waals surface area contributed by atoms with Crippen molar-refractivity contribution in [3.8, 4) is 0 Å². The number of rotatable bonds is 4. The van der Waals surface area contributed by atoms with Crippen LogP contribution in [0, 0.1) is 5.92 Å². The molecule has 0 unspecified atom stereocenters. The first-order valence-electron chi connectivity index (χ1n) is 6.25. The average molecular weight is 329 g/mol. The highest BCUT2D eigenvalue weighted by molar-refractivity contribution is 9.10. The number of aromatic nitrogens is 1. The molecule has 0 amide bonds. The number of hydrogen-bond donors (Lipinski definition) is 1. The van der Waals surface area contributed by atoms with Crippen LogP contribution >= 0.6 is 15.9 Å². The summed E-state index contributed by atoms with van der Waals surface area (Å²) in [7, 11) is 1.89. The van der Waals surface area contributed by atoms with Crippen LogP contribution in [0.2, 0.25) is 0 Å². The van der Waals surface area contributed by atoms with Crippen LogP contribution < -0.4 is 4.90 Å². The zero-order valence-corrected chi connectivity index (χ0v) is 12.4. The third-order valence-corrected chi connectivity index (χ3v) is 3.73. The Balaban J connectivity index is 2.13. The first-order valence-corrected chi connectivity index (χ1v) is 7.05. The van der Waals surface area contributed by atoms with Crippen LogP contribution in [0.5, 0.6) is 0 Å². The number of halogens is 1. The van der Waals surface area contributed by atoms with Gasteiger partial charge < -0.3 is 14.7 Å². The molecule has 2 heterocycles. The second kappa shape index (κ2) is 6.34. The number of hydrogen-bond acceptors (Lipinski definition) is 4. The highest BCUT2D eigenvalue weighted by Crippen LogP contribution is 2.23. The number of carboxylic acids is 1. The zero-order valence-electron chi connectivity index (χ0n) is 10.8. The van der Waals surface area contributed by atoms with E-state index in [1.54, 1.807) is 12.3 Å². The fraction of sp³-hybridized carbons (Fsp3) is 0.538. The lowest BCUT2D eigenvalue weighted by Crippen LogP contribution is -2.31. The van der Waals surface area contributed by atoms with Crippen molar-refractivity contribution in [3.05, 3.63) is 22.3 Å². The second-order valence-corrected chi connectivity index (χ2v) is 5.68. The molecule has 0 spiro atoms. The summed E-state index contributed by atoms with van der Waals surface area (Å²) in [4.78, 5) is 17.4. The Morgan fingerprint density at radius 3 is 2.89 bits per heavy atom. The molecule has 6 heteroatoms. The Hall–Kier alpha value is -1.14. The lowest BCUT2D eigenvalue weighted by molar-refractivity contribution is 0.0677. The number of carboxylic acid groups (broad SMARTS) is 1. The minimum atomic E-state index is -0.956. The van der Waals surface area contributed by atoms with E-state index in [9.17, 15) is 9.90 Å². The topological polar surface area (TPSA) is 62.7 Å². The van der Waals surface area contributed by atoms with E-state index in [1.807, 2.05) is 11.9 Å². The van der Waals surface area contributed by atoms with Gasteiger partial charge in [0.15, 0.2) is 0 Å².